The summed E-state index contributed by atoms with van der Waals surface area (Å²) in [5.74, 6) is 0.278. The van der Waals surface area contributed by atoms with Crippen LogP contribution in [0.2, 0.25) is 0 Å². The summed E-state index contributed by atoms with van der Waals surface area (Å²) < 4.78 is 0.982. The van der Waals surface area contributed by atoms with Crippen LogP contribution in [-0.2, 0) is 0 Å². The van der Waals surface area contributed by atoms with E-state index >= 15 is 0 Å². The summed E-state index contributed by atoms with van der Waals surface area (Å²) in [6.45, 7) is 0. The smallest absolute Gasteiger partial charge is 0.123 e. The first-order valence-electron chi connectivity index (χ1n) is 5.11. The van der Waals surface area contributed by atoms with Crippen molar-refractivity contribution in [3.8, 4) is 11.5 Å². The molecule has 0 aliphatic heterocycles. The molecule has 2 aromatic rings. The highest BCUT2D eigenvalue weighted by Crippen LogP contribution is 2.25. The molecule has 0 aliphatic carbocycles. The second-order valence-corrected chi connectivity index (χ2v) is 4.45. The van der Waals surface area contributed by atoms with Crippen molar-refractivity contribution in [3.63, 3.8) is 0 Å². The van der Waals surface area contributed by atoms with Gasteiger partial charge in [0, 0.05) is 10.0 Å². The minimum absolute atomic E-state index is 0.134. The third-order valence-corrected chi connectivity index (χ3v) is 3.08. The van der Waals surface area contributed by atoms with E-state index in [1.54, 1.807) is 6.08 Å². The van der Waals surface area contributed by atoms with E-state index in [-0.39, 0.29) is 11.5 Å². The van der Waals surface area contributed by atoms with Gasteiger partial charge in [0.05, 0.1) is 0 Å². The van der Waals surface area contributed by atoms with Crippen molar-refractivity contribution in [2.75, 3.05) is 0 Å². The monoisotopic (exact) mass is 290 g/mol. The van der Waals surface area contributed by atoms with Crippen molar-refractivity contribution in [1.29, 1.82) is 0 Å². The average Bonchev–Trinajstić information content (AvgIpc) is 2.32. The summed E-state index contributed by atoms with van der Waals surface area (Å²) in [5, 5.41) is 18.9. The molecule has 2 nitrogen and oxygen atoms in total. The lowest BCUT2D eigenvalue weighted by Crippen LogP contribution is -1.76. The van der Waals surface area contributed by atoms with Crippen LogP contribution in [-0.4, -0.2) is 10.2 Å². The molecule has 0 bridgehead atoms. The van der Waals surface area contributed by atoms with Gasteiger partial charge in [0.15, 0.2) is 0 Å². The minimum Gasteiger partial charge on any atom is -0.508 e. The Morgan fingerprint density at radius 1 is 0.882 bits per heavy atom. The summed E-state index contributed by atoms with van der Waals surface area (Å²) in [5.41, 5.74) is 1.59. The van der Waals surface area contributed by atoms with Crippen LogP contribution >= 0.6 is 15.9 Å². The van der Waals surface area contributed by atoms with E-state index in [9.17, 15) is 10.2 Å². The first-order chi connectivity index (χ1) is 8.16. The van der Waals surface area contributed by atoms with Crippen LogP contribution in [0.15, 0.2) is 46.9 Å². The van der Waals surface area contributed by atoms with E-state index < -0.39 is 0 Å². The van der Waals surface area contributed by atoms with Gasteiger partial charge >= 0.3 is 0 Å². The first kappa shape index (κ1) is 11.7. The van der Waals surface area contributed by atoms with Gasteiger partial charge in [-0.1, -0.05) is 46.3 Å². The molecule has 2 aromatic carbocycles. The van der Waals surface area contributed by atoms with Crippen LogP contribution in [0.5, 0.6) is 11.5 Å². The number of rotatable bonds is 2. The van der Waals surface area contributed by atoms with Crippen LogP contribution < -0.4 is 0 Å². The van der Waals surface area contributed by atoms with E-state index in [4.69, 9.17) is 0 Å². The molecule has 0 spiro atoms. The zero-order chi connectivity index (χ0) is 12.3. The van der Waals surface area contributed by atoms with Gasteiger partial charge in [0.2, 0.25) is 0 Å². The highest BCUT2D eigenvalue weighted by Gasteiger charge is 1.99. The number of benzene rings is 2. The van der Waals surface area contributed by atoms with E-state index in [2.05, 4.69) is 15.9 Å². The maximum atomic E-state index is 9.61. The Labute approximate surface area is 108 Å². The summed E-state index contributed by atoms with van der Waals surface area (Å²) in [4.78, 5) is 0. The van der Waals surface area contributed by atoms with Gasteiger partial charge in [-0.05, 0) is 29.8 Å². The Bertz CT molecular complexity index is 562. The van der Waals surface area contributed by atoms with Crippen LogP contribution in [0.3, 0.4) is 0 Å². The molecule has 0 saturated carbocycles. The summed E-state index contributed by atoms with van der Waals surface area (Å²) in [7, 11) is 0. The zero-order valence-corrected chi connectivity index (χ0v) is 10.6. The second kappa shape index (κ2) is 5.06. The Kier molecular flexibility index (Phi) is 3.49. The van der Waals surface area contributed by atoms with E-state index in [1.165, 1.54) is 18.2 Å². The predicted octanol–water partition coefficient (Wildman–Crippen LogP) is 4.03. The number of hydrogen-bond acceptors (Lipinski definition) is 2. The fourth-order valence-corrected chi connectivity index (χ4v) is 1.88. The quantitative estimate of drug-likeness (QED) is 0.648. The Morgan fingerprint density at radius 2 is 1.59 bits per heavy atom. The average molecular weight is 291 g/mol. The van der Waals surface area contributed by atoms with E-state index in [1.807, 2.05) is 30.3 Å². The van der Waals surface area contributed by atoms with Crippen LogP contribution in [0, 0.1) is 0 Å². The fourth-order valence-electron chi connectivity index (χ4n) is 1.47. The molecule has 17 heavy (non-hydrogen) atoms. The molecule has 0 unspecified atom stereocenters. The second-order valence-electron chi connectivity index (χ2n) is 3.60. The maximum Gasteiger partial charge on any atom is 0.123 e. The SMILES string of the molecule is Oc1ccc(O)c(C=Cc2ccccc2Br)c1. The normalized spacial score (nSPS) is 10.9. The van der Waals surface area contributed by atoms with Crippen LogP contribution in [0.25, 0.3) is 12.2 Å². The standard InChI is InChI=1S/C14H11BrO2/c15-13-4-2-1-3-10(13)5-6-11-9-12(16)7-8-14(11)17/h1-9,16-17H. The molecule has 0 atom stereocenters. The number of phenolic OH excluding ortho intramolecular Hbond substituents is 2. The van der Waals surface area contributed by atoms with Crippen LogP contribution in [0.4, 0.5) is 0 Å². The third kappa shape index (κ3) is 2.88. The minimum atomic E-state index is 0.134. The van der Waals surface area contributed by atoms with E-state index in [0.29, 0.717) is 5.56 Å². The topological polar surface area (TPSA) is 40.5 Å². The highest BCUT2D eigenvalue weighted by atomic mass is 79.9. The molecular weight excluding hydrogens is 280 g/mol. The molecule has 86 valence electrons. The zero-order valence-electron chi connectivity index (χ0n) is 8.97. The van der Waals surface area contributed by atoms with Crippen molar-refractivity contribution in [2.24, 2.45) is 0 Å². The van der Waals surface area contributed by atoms with Gasteiger partial charge in [-0.25, -0.2) is 0 Å². The van der Waals surface area contributed by atoms with Gasteiger partial charge in [-0.3, -0.25) is 0 Å². The Morgan fingerprint density at radius 3 is 2.35 bits per heavy atom. The lowest BCUT2D eigenvalue weighted by molar-refractivity contribution is 0.459. The fraction of sp³-hybridized carbons (Fsp3) is 0. The largest absolute Gasteiger partial charge is 0.508 e. The number of halogens is 1. The molecule has 0 fully saturated rings. The molecule has 0 radical (unpaired) electrons. The van der Waals surface area contributed by atoms with E-state index in [0.717, 1.165) is 10.0 Å². The number of aromatic hydroxyl groups is 2. The van der Waals surface area contributed by atoms with Crippen molar-refractivity contribution < 1.29 is 10.2 Å². The van der Waals surface area contributed by atoms with Gasteiger partial charge in [0.25, 0.3) is 0 Å². The third-order valence-electron chi connectivity index (χ3n) is 2.36. The Hall–Kier alpha value is -1.74. The molecule has 0 aliphatic rings. The van der Waals surface area contributed by atoms with Crippen molar-refractivity contribution in [1.82, 2.24) is 0 Å². The summed E-state index contributed by atoms with van der Waals surface area (Å²) >= 11 is 3.44. The Balaban J connectivity index is 2.32. The summed E-state index contributed by atoms with van der Waals surface area (Å²) in [6, 6.07) is 12.2. The van der Waals surface area contributed by atoms with Gasteiger partial charge in [0.1, 0.15) is 11.5 Å². The number of hydrogen-bond donors (Lipinski definition) is 2. The van der Waals surface area contributed by atoms with Gasteiger partial charge in [-0.15, -0.1) is 0 Å². The van der Waals surface area contributed by atoms with Crippen molar-refractivity contribution in [2.45, 2.75) is 0 Å². The lowest BCUT2D eigenvalue weighted by atomic mass is 10.1. The molecule has 0 amide bonds. The van der Waals surface area contributed by atoms with Gasteiger partial charge in [-0.2, -0.15) is 0 Å². The highest BCUT2D eigenvalue weighted by molar-refractivity contribution is 9.10. The van der Waals surface area contributed by atoms with Crippen LogP contribution in [0.1, 0.15) is 11.1 Å². The molecule has 0 saturated heterocycles. The summed E-state index contributed by atoms with van der Waals surface area (Å²) in [6.07, 6.45) is 3.63. The first-order valence-corrected chi connectivity index (χ1v) is 5.91. The molecule has 0 heterocycles. The molecular formula is C14H11BrO2. The maximum absolute atomic E-state index is 9.61. The molecule has 3 heteroatoms. The predicted molar refractivity (Wildman–Crippen MR) is 72.8 cm³/mol. The molecule has 0 aromatic heterocycles. The van der Waals surface area contributed by atoms with Crippen molar-refractivity contribution >= 4 is 28.1 Å². The number of phenols is 2. The lowest BCUT2D eigenvalue weighted by Gasteiger charge is -2.00. The molecule has 2 N–H and O–H groups in total. The van der Waals surface area contributed by atoms with Gasteiger partial charge < -0.3 is 10.2 Å². The van der Waals surface area contributed by atoms with Crippen molar-refractivity contribution in [3.05, 3.63) is 58.1 Å². The molecule has 2 rings (SSSR count).